The number of hydrogen-bond donors (Lipinski definition) is 3. The van der Waals surface area contributed by atoms with Crippen molar-refractivity contribution >= 4 is 5.91 Å². The summed E-state index contributed by atoms with van der Waals surface area (Å²) >= 11 is 0. The van der Waals surface area contributed by atoms with Crippen LogP contribution in [0.5, 0.6) is 0 Å². The molecule has 4 heteroatoms. The van der Waals surface area contributed by atoms with Crippen molar-refractivity contribution in [1.82, 2.24) is 5.32 Å². The molecule has 2 rings (SSSR count). The van der Waals surface area contributed by atoms with Crippen LogP contribution in [-0.2, 0) is 4.79 Å². The maximum Gasteiger partial charge on any atom is 0.235 e. The van der Waals surface area contributed by atoms with Crippen molar-refractivity contribution in [2.75, 3.05) is 6.54 Å². The van der Waals surface area contributed by atoms with Gasteiger partial charge in [-0.15, -0.1) is 0 Å². The van der Waals surface area contributed by atoms with Crippen molar-refractivity contribution in [1.29, 1.82) is 0 Å². The smallest absolute Gasteiger partial charge is 0.235 e. The van der Waals surface area contributed by atoms with Crippen LogP contribution in [0.1, 0.15) is 17.9 Å². The van der Waals surface area contributed by atoms with Crippen molar-refractivity contribution in [3.8, 4) is 0 Å². The van der Waals surface area contributed by atoms with E-state index in [9.17, 15) is 4.79 Å². The van der Waals surface area contributed by atoms with Gasteiger partial charge in [0.25, 0.3) is 0 Å². The van der Waals surface area contributed by atoms with E-state index in [4.69, 9.17) is 11.5 Å². The van der Waals surface area contributed by atoms with E-state index in [2.05, 4.69) is 17.4 Å². The molecule has 1 aliphatic carbocycles. The quantitative estimate of drug-likeness (QED) is 0.649. The average molecular weight is 219 g/mol. The van der Waals surface area contributed by atoms with Crippen molar-refractivity contribution in [2.45, 2.75) is 24.4 Å². The number of carbonyl (C=O) groups is 1. The first-order valence-corrected chi connectivity index (χ1v) is 5.51. The molecule has 1 saturated carbocycles. The first kappa shape index (κ1) is 11.1. The van der Waals surface area contributed by atoms with E-state index in [1.54, 1.807) is 0 Å². The summed E-state index contributed by atoms with van der Waals surface area (Å²) in [7, 11) is 0. The maximum absolute atomic E-state index is 10.7. The van der Waals surface area contributed by atoms with E-state index in [0.717, 1.165) is 6.42 Å². The highest BCUT2D eigenvalue weighted by atomic mass is 16.1. The topological polar surface area (TPSA) is 81.1 Å². The Hall–Kier alpha value is -1.39. The van der Waals surface area contributed by atoms with Crippen molar-refractivity contribution in [3.63, 3.8) is 0 Å². The Morgan fingerprint density at radius 1 is 1.44 bits per heavy atom. The van der Waals surface area contributed by atoms with Crippen molar-refractivity contribution in [2.24, 2.45) is 11.5 Å². The molecular formula is C12H17N3O. The molecule has 1 aromatic carbocycles. The molecule has 1 fully saturated rings. The zero-order valence-corrected chi connectivity index (χ0v) is 9.10. The van der Waals surface area contributed by atoms with Gasteiger partial charge in [0.05, 0.1) is 6.04 Å². The highest BCUT2D eigenvalue weighted by molar-refractivity contribution is 5.79. The fourth-order valence-electron chi connectivity index (χ4n) is 1.87. The van der Waals surface area contributed by atoms with E-state index >= 15 is 0 Å². The fourth-order valence-corrected chi connectivity index (χ4v) is 1.87. The number of benzene rings is 1. The molecule has 0 radical (unpaired) electrons. The largest absolute Gasteiger partial charge is 0.368 e. The highest BCUT2D eigenvalue weighted by Gasteiger charge is 2.37. The Morgan fingerprint density at radius 2 is 2.12 bits per heavy atom. The Bertz CT molecular complexity index is 366. The van der Waals surface area contributed by atoms with Crippen LogP contribution >= 0.6 is 0 Å². The van der Waals surface area contributed by atoms with E-state index < -0.39 is 11.9 Å². The van der Waals surface area contributed by atoms with Gasteiger partial charge in [0.15, 0.2) is 0 Å². The lowest BCUT2D eigenvalue weighted by Crippen LogP contribution is -2.45. The summed E-state index contributed by atoms with van der Waals surface area (Å²) < 4.78 is 0. The lowest BCUT2D eigenvalue weighted by atomic mass is 10.1. The first-order chi connectivity index (χ1) is 7.68. The number of nitrogens with one attached hydrogen (secondary N) is 1. The van der Waals surface area contributed by atoms with Gasteiger partial charge < -0.3 is 16.8 Å². The highest BCUT2D eigenvalue weighted by Crippen LogP contribution is 2.40. The molecule has 4 nitrogen and oxygen atoms in total. The SMILES string of the molecule is NC(=O)C(N)CNC1CC1c1ccccc1. The normalized spacial score (nSPS) is 25.1. The van der Waals surface area contributed by atoms with E-state index in [1.165, 1.54) is 5.56 Å². The van der Waals surface area contributed by atoms with Crippen LogP contribution in [0.25, 0.3) is 0 Å². The second-order valence-corrected chi connectivity index (χ2v) is 4.28. The van der Waals surface area contributed by atoms with Gasteiger partial charge in [-0.3, -0.25) is 4.79 Å². The minimum atomic E-state index is -0.586. The summed E-state index contributed by atoms with van der Waals surface area (Å²) in [5.74, 6) is 0.102. The molecule has 1 amide bonds. The van der Waals surface area contributed by atoms with Crippen LogP contribution in [0.15, 0.2) is 30.3 Å². The number of carbonyl (C=O) groups excluding carboxylic acids is 1. The van der Waals surface area contributed by atoms with Gasteiger partial charge in [-0.1, -0.05) is 30.3 Å². The van der Waals surface area contributed by atoms with Gasteiger partial charge >= 0.3 is 0 Å². The summed E-state index contributed by atoms with van der Waals surface area (Å²) in [4.78, 5) is 10.7. The summed E-state index contributed by atoms with van der Waals surface area (Å²) in [5, 5.41) is 3.26. The summed E-state index contributed by atoms with van der Waals surface area (Å²) in [5.41, 5.74) is 12.0. The predicted molar refractivity (Wildman–Crippen MR) is 62.8 cm³/mol. The Labute approximate surface area is 95.0 Å². The zero-order chi connectivity index (χ0) is 11.5. The summed E-state index contributed by atoms with van der Waals surface area (Å²) in [6.45, 7) is 0.462. The third kappa shape index (κ3) is 2.59. The van der Waals surface area contributed by atoms with Gasteiger partial charge in [0.2, 0.25) is 5.91 Å². The van der Waals surface area contributed by atoms with Crippen LogP contribution in [-0.4, -0.2) is 24.5 Å². The molecule has 5 N–H and O–H groups in total. The molecule has 3 unspecified atom stereocenters. The summed E-state index contributed by atoms with van der Waals surface area (Å²) in [6.07, 6.45) is 1.11. The molecule has 86 valence electrons. The third-order valence-electron chi connectivity index (χ3n) is 2.98. The second-order valence-electron chi connectivity index (χ2n) is 4.28. The van der Waals surface area contributed by atoms with E-state index in [0.29, 0.717) is 18.5 Å². The van der Waals surface area contributed by atoms with E-state index in [1.807, 2.05) is 18.2 Å². The van der Waals surface area contributed by atoms with Crippen LogP contribution in [0.2, 0.25) is 0 Å². The third-order valence-corrected chi connectivity index (χ3v) is 2.98. The molecule has 0 spiro atoms. The van der Waals surface area contributed by atoms with Gasteiger partial charge in [-0.05, 0) is 12.0 Å². The minimum absolute atomic E-state index is 0.438. The molecule has 0 heterocycles. The van der Waals surface area contributed by atoms with Crippen molar-refractivity contribution < 1.29 is 4.79 Å². The second kappa shape index (κ2) is 4.63. The molecule has 3 atom stereocenters. The lowest BCUT2D eigenvalue weighted by Gasteiger charge is -2.08. The van der Waals surface area contributed by atoms with Crippen LogP contribution in [0.3, 0.4) is 0 Å². The standard InChI is InChI=1S/C12H17N3O/c13-10(12(14)16)7-15-11-6-9(11)8-4-2-1-3-5-8/h1-5,9-11,15H,6-7,13H2,(H2,14,16). The number of amides is 1. The molecule has 0 saturated heterocycles. The predicted octanol–water partition coefficient (Wildman–Crippen LogP) is -0.0553. The van der Waals surface area contributed by atoms with E-state index in [-0.39, 0.29) is 0 Å². The minimum Gasteiger partial charge on any atom is -0.368 e. The van der Waals surface area contributed by atoms with Crippen LogP contribution < -0.4 is 16.8 Å². The number of rotatable bonds is 5. The zero-order valence-electron chi connectivity index (χ0n) is 9.10. The number of hydrogen-bond acceptors (Lipinski definition) is 3. The fraction of sp³-hybridized carbons (Fsp3) is 0.417. The first-order valence-electron chi connectivity index (χ1n) is 5.51. The van der Waals surface area contributed by atoms with Crippen LogP contribution in [0, 0.1) is 0 Å². The molecule has 0 aliphatic heterocycles. The molecule has 0 aromatic heterocycles. The van der Waals surface area contributed by atoms with Crippen LogP contribution in [0.4, 0.5) is 0 Å². The Kier molecular flexibility index (Phi) is 3.22. The lowest BCUT2D eigenvalue weighted by molar-refractivity contribution is -0.119. The Morgan fingerprint density at radius 3 is 2.75 bits per heavy atom. The summed E-state index contributed by atoms with van der Waals surface area (Å²) in [6, 6.07) is 10.2. The molecule has 0 bridgehead atoms. The molecule has 16 heavy (non-hydrogen) atoms. The van der Waals surface area contributed by atoms with Gasteiger partial charge in [0, 0.05) is 18.5 Å². The average Bonchev–Trinajstić information content (AvgIpc) is 3.06. The maximum atomic E-state index is 10.7. The van der Waals surface area contributed by atoms with Gasteiger partial charge in [-0.2, -0.15) is 0 Å². The monoisotopic (exact) mass is 219 g/mol. The molecule has 1 aromatic rings. The number of primary amides is 1. The molecular weight excluding hydrogens is 202 g/mol. The Balaban J connectivity index is 1.78. The van der Waals surface area contributed by atoms with Gasteiger partial charge in [0.1, 0.15) is 0 Å². The molecule has 1 aliphatic rings. The number of nitrogens with two attached hydrogens (primary N) is 2. The van der Waals surface area contributed by atoms with Gasteiger partial charge in [-0.25, -0.2) is 0 Å². The van der Waals surface area contributed by atoms with Crippen molar-refractivity contribution in [3.05, 3.63) is 35.9 Å².